The van der Waals surface area contributed by atoms with Crippen LogP contribution in [0.25, 0.3) is 10.8 Å². The number of nitrogens with zero attached hydrogens (tertiary/aromatic N) is 2. The van der Waals surface area contributed by atoms with E-state index in [2.05, 4.69) is 5.32 Å². The predicted octanol–water partition coefficient (Wildman–Crippen LogP) is 3.26. The molecule has 1 saturated carbocycles. The summed E-state index contributed by atoms with van der Waals surface area (Å²) in [5.74, 6) is 0.0236. The van der Waals surface area contributed by atoms with Crippen molar-refractivity contribution in [3.8, 4) is 0 Å². The van der Waals surface area contributed by atoms with Crippen LogP contribution in [0, 0.1) is 5.92 Å². The molecule has 152 valence electrons. The lowest BCUT2D eigenvalue weighted by atomic mass is 9.90. The zero-order valence-electron chi connectivity index (χ0n) is 17.0. The molecule has 2 aliphatic rings. The third-order valence-corrected chi connectivity index (χ3v) is 5.92. The lowest BCUT2D eigenvalue weighted by molar-refractivity contribution is -0.139. The van der Waals surface area contributed by atoms with Crippen LogP contribution in [-0.2, 0) is 15.1 Å². The molecule has 6 nitrogen and oxygen atoms in total. The molecule has 1 atom stereocenters. The van der Waals surface area contributed by atoms with Crippen molar-refractivity contribution in [2.75, 3.05) is 19.6 Å². The van der Waals surface area contributed by atoms with Gasteiger partial charge in [-0.05, 0) is 54.5 Å². The van der Waals surface area contributed by atoms with Gasteiger partial charge in [0, 0.05) is 13.1 Å². The summed E-state index contributed by atoms with van der Waals surface area (Å²) in [6.45, 7) is 4.90. The highest BCUT2D eigenvalue weighted by atomic mass is 16.2. The largest absolute Gasteiger partial charge is 0.341 e. The average Bonchev–Trinajstić information content (AvgIpc) is 3.51. The number of carbonyl (C=O) groups excluding carboxylic acids is 3. The lowest BCUT2D eigenvalue weighted by Gasteiger charge is -2.25. The molecule has 0 aromatic heterocycles. The second-order valence-corrected chi connectivity index (χ2v) is 8.29. The number of carbonyl (C=O) groups is 3. The van der Waals surface area contributed by atoms with Crippen LogP contribution < -0.4 is 5.32 Å². The Morgan fingerprint density at radius 1 is 1.17 bits per heavy atom. The first-order chi connectivity index (χ1) is 13.9. The SMILES string of the molecule is CCCN(CC1CC1)C(=O)CN1C(=O)N[C@](C)(c2ccc3ccccc3c2)C1=O. The van der Waals surface area contributed by atoms with Crippen LogP contribution in [0.2, 0.25) is 0 Å². The van der Waals surface area contributed by atoms with Crippen LogP contribution in [0.1, 0.15) is 38.7 Å². The first kappa shape index (κ1) is 19.4. The van der Waals surface area contributed by atoms with Gasteiger partial charge in [-0.15, -0.1) is 0 Å². The molecule has 2 aromatic carbocycles. The zero-order chi connectivity index (χ0) is 20.6. The maximum absolute atomic E-state index is 13.2. The Morgan fingerprint density at radius 2 is 1.90 bits per heavy atom. The molecular formula is C23H27N3O3. The third-order valence-electron chi connectivity index (χ3n) is 5.92. The third kappa shape index (κ3) is 3.71. The summed E-state index contributed by atoms with van der Waals surface area (Å²) in [5.41, 5.74) is -0.457. The molecule has 0 unspecified atom stereocenters. The minimum absolute atomic E-state index is 0.162. The van der Waals surface area contributed by atoms with E-state index in [-0.39, 0.29) is 18.4 Å². The molecule has 6 heteroatoms. The Hall–Kier alpha value is -2.89. The summed E-state index contributed by atoms with van der Waals surface area (Å²) in [6, 6.07) is 13.1. The first-order valence-corrected chi connectivity index (χ1v) is 10.3. The van der Waals surface area contributed by atoms with Gasteiger partial charge in [-0.2, -0.15) is 0 Å². The minimum Gasteiger partial charge on any atom is -0.341 e. The molecular weight excluding hydrogens is 366 g/mol. The number of hydrogen-bond donors (Lipinski definition) is 1. The quantitative estimate of drug-likeness (QED) is 0.734. The number of nitrogens with one attached hydrogen (secondary N) is 1. The molecule has 0 spiro atoms. The molecule has 1 saturated heterocycles. The maximum atomic E-state index is 13.2. The van der Waals surface area contributed by atoms with Gasteiger partial charge in [0.1, 0.15) is 12.1 Å². The monoisotopic (exact) mass is 393 g/mol. The number of fused-ring (bicyclic) bond motifs is 1. The fourth-order valence-electron chi connectivity index (χ4n) is 3.97. The van der Waals surface area contributed by atoms with E-state index >= 15 is 0 Å². The van der Waals surface area contributed by atoms with Crippen LogP contribution in [0.4, 0.5) is 4.79 Å². The molecule has 1 aliphatic heterocycles. The summed E-state index contributed by atoms with van der Waals surface area (Å²) in [5, 5.41) is 4.88. The molecule has 29 heavy (non-hydrogen) atoms. The molecule has 0 bridgehead atoms. The summed E-state index contributed by atoms with van der Waals surface area (Å²) < 4.78 is 0. The van der Waals surface area contributed by atoms with E-state index in [9.17, 15) is 14.4 Å². The number of imide groups is 1. The fourth-order valence-corrected chi connectivity index (χ4v) is 3.97. The van der Waals surface area contributed by atoms with Gasteiger partial charge < -0.3 is 10.2 Å². The van der Waals surface area contributed by atoms with Crippen molar-refractivity contribution in [2.24, 2.45) is 5.92 Å². The van der Waals surface area contributed by atoms with Crippen molar-refractivity contribution in [3.63, 3.8) is 0 Å². The maximum Gasteiger partial charge on any atom is 0.325 e. The van der Waals surface area contributed by atoms with Gasteiger partial charge in [0.25, 0.3) is 5.91 Å². The van der Waals surface area contributed by atoms with Gasteiger partial charge in [0.15, 0.2) is 0 Å². The van der Waals surface area contributed by atoms with Gasteiger partial charge in [-0.25, -0.2) is 4.79 Å². The fraction of sp³-hybridized carbons (Fsp3) is 0.435. The second kappa shape index (κ2) is 7.50. The van der Waals surface area contributed by atoms with Gasteiger partial charge >= 0.3 is 6.03 Å². The van der Waals surface area contributed by atoms with E-state index < -0.39 is 11.6 Å². The van der Waals surface area contributed by atoms with Crippen molar-refractivity contribution in [2.45, 2.75) is 38.6 Å². The van der Waals surface area contributed by atoms with E-state index in [4.69, 9.17) is 0 Å². The van der Waals surface area contributed by atoms with Crippen molar-refractivity contribution in [3.05, 3.63) is 48.0 Å². The highest BCUT2D eigenvalue weighted by Gasteiger charge is 2.49. The number of hydrogen-bond acceptors (Lipinski definition) is 3. The average molecular weight is 393 g/mol. The standard InChI is InChI=1S/C23H27N3O3/c1-3-12-25(14-16-8-9-16)20(27)15-26-21(28)23(2,24-22(26)29)19-11-10-17-6-4-5-7-18(17)13-19/h4-7,10-11,13,16H,3,8-9,12,14-15H2,1-2H3,(H,24,29)/t23-/m1/s1. The van der Waals surface area contributed by atoms with Crippen LogP contribution in [0.15, 0.2) is 42.5 Å². The number of benzene rings is 2. The van der Waals surface area contributed by atoms with Crippen LogP contribution >= 0.6 is 0 Å². The van der Waals surface area contributed by atoms with E-state index in [0.717, 1.165) is 41.5 Å². The molecule has 4 rings (SSSR count). The molecule has 2 fully saturated rings. The van der Waals surface area contributed by atoms with Crippen molar-refractivity contribution in [1.29, 1.82) is 0 Å². The highest BCUT2D eigenvalue weighted by Crippen LogP contribution is 2.32. The Morgan fingerprint density at radius 3 is 2.59 bits per heavy atom. The number of rotatable bonds is 7. The molecule has 2 aromatic rings. The molecule has 0 radical (unpaired) electrons. The molecule has 1 aliphatic carbocycles. The van der Waals surface area contributed by atoms with Crippen molar-refractivity contribution in [1.82, 2.24) is 15.1 Å². The van der Waals surface area contributed by atoms with Gasteiger partial charge in [0.2, 0.25) is 5.91 Å². The van der Waals surface area contributed by atoms with Crippen LogP contribution in [0.3, 0.4) is 0 Å². The summed E-state index contributed by atoms with van der Waals surface area (Å²) >= 11 is 0. The molecule has 1 N–H and O–H groups in total. The van der Waals surface area contributed by atoms with Crippen LogP contribution in [0.5, 0.6) is 0 Å². The smallest absolute Gasteiger partial charge is 0.325 e. The number of amides is 4. The lowest BCUT2D eigenvalue weighted by Crippen LogP contribution is -2.45. The van der Waals surface area contributed by atoms with Crippen molar-refractivity contribution >= 4 is 28.6 Å². The number of urea groups is 1. The normalized spacial score (nSPS) is 21.5. The predicted molar refractivity (Wildman–Crippen MR) is 111 cm³/mol. The highest BCUT2D eigenvalue weighted by molar-refractivity contribution is 6.09. The van der Waals surface area contributed by atoms with Gasteiger partial charge in [-0.3, -0.25) is 14.5 Å². The summed E-state index contributed by atoms with van der Waals surface area (Å²) in [6.07, 6.45) is 3.15. The minimum atomic E-state index is -1.17. The Balaban J connectivity index is 1.54. The second-order valence-electron chi connectivity index (χ2n) is 8.29. The van der Waals surface area contributed by atoms with Crippen molar-refractivity contribution < 1.29 is 14.4 Å². The first-order valence-electron chi connectivity index (χ1n) is 10.3. The van der Waals surface area contributed by atoms with E-state index in [1.165, 1.54) is 0 Å². The van der Waals surface area contributed by atoms with E-state index in [0.29, 0.717) is 18.0 Å². The Kier molecular flexibility index (Phi) is 5.03. The Labute approximate surface area is 170 Å². The van der Waals surface area contributed by atoms with Gasteiger partial charge in [-0.1, -0.05) is 43.3 Å². The molecule has 1 heterocycles. The van der Waals surface area contributed by atoms with E-state index in [1.54, 1.807) is 11.8 Å². The topological polar surface area (TPSA) is 69.7 Å². The Bertz CT molecular complexity index is 969. The van der Waals surface area contributed by atoms with Gasteiger partial charge in [0.05, 0.1) is 0 Å². The zero-order valence-corrected chi connectivity index (χ0v) is 17.0. The molecule has 4 amide bonds. The summed E-state index contributed by atoms with van der Waals surface area (Å²) in [7, 11) is 0. The van der Waals surface area contributed by atoms with E-state index in [1.807, 2.05) is 49.4 Å². The van der Waals surface area contributed by atoms with Crippen LogP contribution in [-0.4, -0.2) is 47.3 Å². The summed E-state index contributed by atoms with van der Waals surface area (Å²) in [4.78, 5) is 41.5.